The highest BCUT2D eigenvalue weighted by Crippen LogP contribution is 2.50. The van der Waals surface area contributed by atoms with E-state index in [1.54, 1.807) is 20.8 Å². The molecule has 0 saturated heterocycles. The molecule has 0 heterocycles. The summed E-state index contributed by atoms with van der Waals surface area (Å²) in [4.78, 5) is 11.8. The summed E-state index contributed by atoms with van der Waals surface area (Å²) in [6, 6.07) is -0.818. The Balaban J connectivity index is 5.03. The molecule has 126 valence electrons. The van der Waals surface area contributed by atoms with E-state index in [1.807, 2.05) is 13.8 Å². The van der Waals surface area contributed by atoms with E-state index in [0.717, 1.165) is 0 Å². The standard InChI is InChI=1S/C14H30NO5P/c1-6-18-14(16)13(15)12(9-11(4)5)10-21(17,19-7-2)20-8-3/h11-13H,6-10,15H2,1-5H3/t12-,13-/m1/s1. The topological polar surface area (TPSA) is 87.9 Å². The second-order valence-electron chi connectivity index (χ2n) is 5.30. The number of carbonyl (C=O) groups excluding carboxylic acids is 1. The molecule has 6 nitrogen and oxygen atoms in total. The van der Waals surface area contributed by atoms with Crippen molar-refractivity contribution < 1.29 is 23.1 Å². The molecule has 0 rings (SSSR count). The summed E-state index contributed by atoms with van der Waals surface area (Å²) in [5.74, 6) is -0.456. The zero-order valence-corrected chi connectivity index (χ0v) is 14.7. The lowest BCUT2D eigenvalue weighted by atomic mass is 9.92. The molecule has 0 radical (unpaired) electrons. The maximum Gasteiger partial charge on any atom is 0.331 e. The molecule has 0 fully saturated rings. The number of rotatable bonds is 11. The predicted molar refractivity (Wildman–Crippen MR) is 83.3 cm³/mol. The third-order valence-corrected chi connectivity index (χ3v) is 5.17. The third kappa shape index (κ3) is 7.96. The van der Waals surface area contributed by atoms with Crippen molar-refractivity contribution in [2.45, 2.75) is 47.1 Å². The normalized spacial score (nSPS) is 15.0. The Morgan fingerprint density at radius 2 is 1.62 bits per heavy atom. The van der Waals surface area contributed by atoms with Crippen molar-refractivity contribution in [3.8, 4) is 0 Å². The Morgan fingerprint density at radius 3 is 2.00 bits per heavy atom. The average Bonchev–Trinajstić information content (AvgIpc) is 2.37. The molecule has 0 unspecified atom stereocenters. The number of nitrogens with two attached hydrogens (primary N) is 1. The first-order valence-electron chi connectivity index (χ1n) is 7.59. The molecule has 0 aliphatic heterocycles. The summed E-state index contributed by atoms with van der Waals surface area (Å²) in [7, 11) is -3.23. The zero-order chi connectivity index (χ0) is 16.5. The summed E-state index contributed by atoms with van der Waals surface area (Å²) in [6.45, 7) is 10.2. The minimum Gasteiger partial charge on any atom is -0.465 e. The maximum atomic E-state index is 12.6. The van der Waals surface area contributed by atoms with E-state index in [0.29, 0.717) is 25.6 Å². The quantitative estimate of drug-likeness (QED) is 0.464. The SMILES string of the molecule is CCOC(=O)[C@H](N)[C@H](CC(C)C)CP(=O)(OCC)OCC. The average molecular weight is 323 g/mol. The smallest absolute Gasteiger partial charge is 0.331 e. The molecule has 21 heavy (non-hydrogen) atoms. The minimum atomic E-state index is -3.23. The van der Waals surface area contributed by atoms with Gasteiger partial charge in [-0.2, -0.15) is 0 Å². The minimum absolute atomic E-state index is 0.132. The van der Waals surface area contributed by atoms with Gasteiger partial charge in [0.15, 0.2) is 0 Å². The van der Waals surface area contributed by atoms with Crippen LogP contribution in [0.4, 0.5) is 0 Å². The van der Waals surface area contributed by atoms with E-state index in [-0.39, 0.29) is 18.7 Å². The molecule has 0 aromatic rings. The summed E-state index contributed by atoms with van der Waals surface area (Å²) < 4.78 is 28.2. The number of carbonyl (C=O) groups is 1. The highest BCUT2D eigenvalue weighted by molar-refractivity contribution is 7.53. The summed E-state index contributed by atoms with van der Waals surface area (Å²) in [5.41, 5.74) is 5.99. The highest BCUT2D eigenvalue weighted by Gasteiger charge is 2.35. The number of ether oxygens (including phenoxy) is 1. The lowest BCUT2D eigenvalue weighted by Crippen LogP contribution is -2.42. The van der Waals surface area contributed by atoms with Gasteiger partial charge in [0.25, 0.3) is 0 Å². The highest BCUT2D eigenvalue weighted by atomic mass is 31.2. The summed E-state index contributed by atoms with van der Waals surface area (Å²) in [5, 5.41) is 0. The fourth-order valence-electron chi connectivity index (χ4n) is 2.19. The molecule has 7 heteroatoms. The Labute approximate surface area is 128 Å². The van der Waals surface area contributed by atoms with Crippen molar-refractivity contribution in [2.75, 3.05) is 26.0 Å². The summed E-state index contributed by atoms with van der Waals surface area (Å²) >= 11 is 0. The molecular weight excluding hydrogens is 293 g/mol. The molecule has 0 spiro atoms. The first kappa shape index (κ1) is 20.6. The van der Waals surface area contributed by atoms with Crippen LogP contribution in [0.1, 0.15) is 41.0 Å². The van der Waals surface area contributed by atoms with Gasteiger partial charge in [0.05, 0.1) is 26.0 Å². The van der Waals surface area contributed by atoms with E-state index in [1.165, 1.54) is 0 Å². The first-order valence-corrected chi connectivity index (χ1v) is 9.32. The van der Waals surface area contributed by atoms with Crippen LogP contribution >= 0.6 is 7.60 Å². The van der Waals surface area contributed by atoms with E-state index in [4.69, 9.17) is 19.5 Å². The van der Waals surface area contributed by atoms with Crippen molar-refractivity contribution in [1.29, 1.82) is 0 Å². The van der Waals surface area contributed by atoms with Crippen molar-refractivity contribution >= 4 is 13.6 Å². The van der Waals surface area contributed by atoms with Crippen LogP contribution in [0.25, 0.3) is 0 Å². The Morgan fingerprint density at radius 1 is 1.10 bits per heavy atom. The van der Waals surface area contributed by atoms with E-state index in [9.17, 15) is 9.36 Å². The van der Waals surface area contributed by atoms with E-state index < -0.39 is 19.6 Å². The molecule has 0 bridgehead atoms. The van der Waals surface area contributed by atoms with Crippen LogP contribution in [0, 0.1) is 11.8 Å². The van der Waals surface area contributed by atoms with Crippen molar-refractivity contribution in [1.82, 2.24) is 0 Å². The fraction of sp³-hybridized carbons (Fsp3) is 0.929. The van der Waals surface area contributed by atoms with Crippen LogP contribution in [0.2, 0.25) is 0 Å². The van der Waals surface area contributed by atoms with Crippen molar-refractivity contribution in [2.24, 2.45) is 17.6 Å². The van der Waals surface area contributed by atoms with Crippen LogP contribution in [0.5, 0.6) is 0 Å². The number of hydrogen-bond acceptors (Lipinski definition) is 6. The van der Waals surface area contributed by atoms with Gasteiger partial charge in [0.1, 0.15) is 6.04 Å². The Kier molecular flexibility index (Phi) is 10.1. The van der Waals surface area contributed by atoms with E-state index in [2.05, 4.69) is 0 Å². The van der Waals surface area contributed by atoms with Gasteiger partial charge >= 0.3 is 13.6 Å². The number of hydrogen-bond donors (Lipinski definition) is 1. The van der Waals surface area contributed by atoms with Crippen molar-refractivity contribution in [3.63, 3.8) is 0 Å². The Hall–Kier alpha value is -0.420. The van der Waals surface area contributed by atoms with Crippen LogP contribution in [-0.2, 0) is 23.1 Å². The van der Waals surface area contributed by atoms with Gasteiger partial charge in [-0.25, -0.2) is 0 Å². The lowest BCUT2D eigenvalue weighted by molar-refractivity contribution is -0.146. The van der Waals surface area contributed by atoms with Gasteiger partial charge in [-0.3, -0.25) is 9.36 Å². The molecule has 0 aromatic carbocycles. The van der Waals surface area contributed by atoms with E-state index >= 15 is 0 Å². The van der Waals surface area contributed by atoms with Gasteiger partial charge in [0, 0.05) is 0 Å². The molecule has 0 amide bonds. The zero-order valence-electron chi connectivity index (χ0n) is 13.8. The number of esters is 1. The molecule has 0 aliphatic carbocycles. The molecular formula is C14H30NO5P. The molecule has 0 saturated carbocycles. The Bertz CT molecular complexity index is 338. The molecule has 0 aromatic heterocycles. The van der Waals surface area contributed by atoms with Gasteiger partial charge in [-0.1, -0.05) is 13.8 Å². The molecule has 2 N–H and O–H groups in total. The van der Waals surface area contributed by atoms with Crippen LogP contribution in [0.3, 0.4) is 0 Å². The molecule has 2 atom stereocenters. The first-order chi connectivity index (χ1) is 9.79. The fourth-order valence-corrected chi connectivity index (χ4v) is 4.22. The van der Waals surface area contributed by atoms with Crippen LogP contribution < -0.4 is 5.73 Å². The third-order valence-electron chi connectivity index (χ3n) is 2.95. The largest absolute Gasteiger partial charge is 0.465 e. The second kappa shape index (κ2) is 10.3. The van der Waals surface area contributed by atoms with Gasteiger partial charge < -0.3 is 19.5 Å². The van der Waals surface area contributed by atoms with Gasteiger partial charge in [0.2, 0.25) is 0 Å². The van der Waals surface area contributed by atoms with Crippen LogP contribution in [0.15, 0.2) is 0 Å². The van der Waals surface area contributed by atoms with Crippen LogP contribution in [-0.4, -0.2) is 38.0 Å². The second-order valence-corrected chi connectivity index (χ2v) is 7.40. The monoisotopic (exact) mass is 323 g/mol. The molecule has 0 aliphatic rings. The predicted octanol–water partition coefficient (Wildman–Crippen LogP) is 2.81. The summed E-state index contributed by atoms with van der Waals surface area (Å²) in [6.07, 6.45) is 0.789. The maximum absolute atomic E-state index is 12.6. The van der Waals surface area contributed by atoms with Gasteiger partial charge in [-0.15, -0.1) is 0 Å². The van der Waals surface area contributed by atoms with Crippen molar-refractivity contribution in [3.05, 3.63) is 0 Å². The van der Waals surface area contributed by atoms with Gasteiger partial charge in [-0.05, 0) is 39.0 Å². The lowest BCUT2D eigenvalue weighted by Gasteiger charge is -2.27.